The highest BCUT2D eigenvalue weighted by Crippen LogP contribution is 2.18. The molecule has 0 radical (unpaired) electrons. The van der Waals surface area contributed by atoms with Crippen LogP contribution in [0.1, 0.15) is 29.3 Å². The van der Waals surface area contributed by atoms with Crippen LogP contribution in [0.25, 0.3) is 0 Å². The van der Waals surface area contributed by atoms with Crippen LogP contribution in [0.2, 0.25) is 0 Å². The molecule has 2 amide bonds. The van der Waals surface area contributed by atoms with Crippen molar-refractivity contribution < 1.29 is 14.7 Å². The zero-order chi connectivity index (χ0) is 14.7. The second-order valence-corrected chi connectivity index (χ2v) is 5.03. The molecule has 1 aliphatic heterocycles. The molecule has 0 aliphatic carbocycles. The van der Waals surface area contributed by atoms with Gasteiger partial charge in [0.2, 0.25) is 0 Å². The number of rotatable bonds is 2. The van der Waals surface area contributed by atoms with Gasteiger partial charge in [-0.25, -0.2) is 9.59 Å². The molecule has 1 aromatic rings. The number of urea groups is 1. The van der Waals surface area contributed by atoms with Gasteiger partial charge in [-0.1, -0.05) is 11.6 Å². The molecule has 1 aromatic carbocycles. The number of carbonyl (C=O) groups excluding carboxylic acids is 1. The van der Waals surface area contributed by atoms with E-state index in [1.165, 1.54) is 11.6 Å². The number of hydrogen-bond acceptors (Lipinski definition) is 2. The highest BCUT2D eigenvalue weighted by Gasteiger charge is 2.17. The first-order valence-electron chi connectivity index (χ1n) is 6.53. The predicted molar refractivity (Wildman–Crippen MR) is 77.1 cm³/mol. The van der Waals surface area contributed by atoms with Gasteiger partial charge in [0.05, 0.1) is 5.56 Å². The Labute approximate surface area is 117 Å². The van der Waals surface area contributed by atoms with Crippen molar-refractivity contribution in [2.75, 3.05) is 18.4 Å². The first kappa shape index (κ1) is 14.1. The number of carbonyl (C=O) groups is 2. The van der Waals surface area contributed by atoms with Gasteiger partial charge in [-0.15, -0.1) is 0 Å². The van der Waals surface area contributed by atoms with E-state index in [1.54, 1.807) is 24.0 Å². The molecule has 0 unspecified atom stereocenters. The van der Waals surface area contributed by atoms with Crippen molar-refractivity contribution in [2.45, 2.75) is 20.3 Å². The number of anilines is 1. The Hall–Kier alpha value is -2.30. The van der Waals surface area contributed by atoms with E-state index in [0.717, 1.165) is 12.0 Å². The van der Waals surface area contributed by atoms with E-state index in [1.807, 2.05) is 6.92 Å². The van der Waals surface area contributed by atoms with Crippen LogP contribution in [0, 0.1) is 6.92 Å². The van der Waals surface area contributed by atoms with Gasteiger partial charge in [-0.05, 0) is 44.0 Å². The van der Waals surface area contributed by atoms with Gasteiger partial charge >= 0.3 is 12.0 Å². The molecule has 20 heavy (non-hydrogen) atoms. The maximum absolute atomic E-state index is 12.2. The lowest BCUT2D eigenvalue weighted by molar-refractivity contribution is 0.0697. The molecular formula is C15H18N2O3. The van der Waals surface area contributed by atoms with Crippen LogP contribution < -0.4 is 5.32 Å². The molecule has 0 bridgehead atoms. The van der Waals surface area contributed by atoms with Crippen molar-refractivity contribution in [3.8, 4) is 0 Å². The molecule has 2 N–H and O–H groups in total. The number of hydrogen-bond donors (Lipinski definition) is 2. The summed E-state index contributed by atoms with van der Waals surface area (Å²) in [6.07, 6.45) is 3.01. The van der Waals surface area contributed by atoms with Crippen molar-refractivity contribution in [3.63, 3.8) is 0 Å². The fraction of sp³-hybridized carbons (Fsp3) is 0.333. The molecule has 0 saturated carbocycles. The largest absolute Gasteiger partial charge is 0.478 e. The van der Waals surface area contributed by atoms with Crippen molar-refractivity contribution in [1.29, 1.82) is 0 Å². The van der Waals surface area contributed by atoms with Crippen molar-refractivity contribution in [1.82, 2.24) is 4.90 Å². The van der Waals surface area contributed by atoms with Crippen molar-refractivity contribution >= 4 is 17.7 Å². The minimum Gasteiger partial charge on any atom is -0.478 e. The zero-order valence-electron chi connectivity index (χ0n) is 11.6. The Morgan fingerprint density at radius 3 is 2.65 bits per heavy atom. The Morgan fingerprint density at radius 2 is 2.05 bits per heavy atom. The minimum atomic E-state index is -0.970. The van der Waals surface area contributed by atoms with E-state index in [9.17, 15) is 9.59 Å². The lowest BCUT2D eigenvalue weighted by Crippen LogP contribution is -2.38. The first-order chi connectivity index (χ1) is 9.47. The summed E-state index contributed by atoms with van der Waals surface area (Å²) in [4.78, 5) is 24.8. The van der Waals surface area contributed by atoms with E-state index in [2.05, 4.69) is 11.4 Å². The summed E-state index contributed by atoms with van der Waals surface area (Å²) >= 11 is 0. The van der Waals surface area contributed by atoms with Gasteiger partial charge in [0.25, 0.3) is 0 Å². The standard InChI is InChI=1S/C15H18N2O3/c1-10-4-3-7-17(9-10)15(20)16-13-6-5-12(14(18)19)8-11(13)2/h4-6,8H,3,7,9H2,1-2H3,(H,16,20)(H,18,19). The lowest BCUT2D eigenvalue weighted by Gasteiger charge is -2.26. The molecule has 1 heterocycles. The fourth-order valence-electron chi connectivity index (χ4n) is 2.22. The third-order valence-corrected chi connectivity index (χ3v) is 3.33. The summed E-state index contributed by atoms with van der Waals surface area (Å²) in [6.45, 7) is 5.13. The van der Waals surface area contributed by atoms with Crippen LogP contribution >= 0.6 is 0 Å². The normalized spacial score (nSPS) is 14.7. The number of aryl methyl sites for hydroxylation is 1. The van der Waals surface area contributed by atoms with E-state index in [4.69, 9.17) is 5.11 Å². The minimum absolute atomic E-state index is 0.149. The van der Waals surface area contributed by atoms with Crippen LogP contribution in [-0.2, 0) is 0 Å². The average molecular weight is 274 g/mol. The van der Waals surface area contributed by atoms with Crippen molar-refractivity contribution in [2.24, 2.45) is 0 Å². The molecule has 0 saturated heterocycles. The van der Waals surface area contributed by atoms with Gasteiger partial charge in [0.15, 0.2) is 0 Å². The van der Waals surface area contributed by atoms with Gasteiger partial charge in [0, 0.05) is 18.8 Å². The molecular weight excluding hydrogens is 256 g/mol. The second kappa shape index (κ2) is 5.77. The average Bonchev–Trinajstić information content (AvgIpc) is 2.40. The maximum Gasteiger partial charge on any atom is 0.335 e. The summed E-state index contributed by atoms with van der Waals surface area (Å²) < 4.78 is 0. The zero-order valence-corrected chi connectivity index (χ0v) is 11.6. The van der Waals surface area contributed by atoms with Crippen LogP contribution in [0.5, 0.6) is 0 Å². The van der Waals surface area contributed by atoms with E-state index < -0.39 is 5.97 Å². The van der Waals surface area contributed by atoms with Gasteiger partial charge in [-0.3, -0.25) is 0 Å². The summed E-state index contributed by atoms with van der Waals surface area (Å²) in [5.74, 6) is -0.970. The van der Waals surface area contributed by atoms with E-state index >= 15 is 0 Å². The number of benzene rings is 1. The number of carboxylic acid groups (broad SMARTS) is 1. The Morgan fingerprint density at radius 1 is 1.30 bits per heavy atom. The van der Waals surface area contributed by atoms with Crippen molar-refractivity contribution in [3.05, 3.63) is 41.0 Å². The van der Waals surface area contributed by atoms with Gasteiger partial charge in [0.1, 0.15) is 0 Å². The fourth-order valence-corrected chi connectivity index (χ4v) is 2.22. The molecule has 5 heteroatoms. The molecule has 0 fully saturated rings. The molecule has 106 valence electrons. The smallest absolute Gasteiger partial charge is 0.335 e. The maximum atomic E-state index is 12.2. The van der Waals surface area contributed by atoms with E-state index in [-0.39, 0.29) is 11.6 Å². The molecule has 1 aliphatic rings. The predicted octanol–water partition coefficient (Wildman–Crippen LogP) is 2.88. The summed E-state index contributed by atoms with van der Waals surface area (Å²) in [5.41, 5.74) is 2.79. The van der Waals surface area contributed by atoms with Crippen LogP contribution in [0.3, 0.4) is 0 Å². The second-order valence-electron chi connectivity index (χ2n) is 5.03. The lowest BCUT2D eigenvalue weighted by atomic mass is 10.1. The highest BCUT2D eigenvalue weighted by atomic mass is 16.4. The number of nitrogens with one attached hydrogen (secondary N) is 1. The number of amides is 2. The Bertz CT molecular complexity index is 578. The Balaban J connectivity index is 2.08. The quantitative estimate of drug-likeness (QED) is 0.815. The number of nitrogens with zero attached hydrogens (tertiary/aromatic N) is 1. The Kier molecular flexibility index (Phi) is 4.08. The van der Waals surface area contributed by atoms with E-state index in [0.29, 0.717) is 18.8 Å². The van der Waals surface area contributed by atoms with Gasteiger partial charge < -0.3 is 15.3 Å². The number of aromatic carboxylic acids is 1. The summed E-state index contributed by atoms with van der Waals surface area (Å²) in [6, 6.07) is 4.53. The third-order valence-electron chi connectivity index (χ3n) is 3.33. The number of carboxylic acids is 1. The first-order valence-corrected chi connectivity index (χ1v) is 6.53. The highest BCUT2D eigenvalue weighted by molar-refractivity contribution is 5.92. The monoisotopic (exact) mass is 274 g/mol. The molecule has 2 rings (SSSR count). The molecule has 0 spiro atoms. The molecule has 0 aromatic heterocycles. The van der Waals surface area contributed by atoms with Crippen LogP contribution in [0.4, 0.5) is 10.5 Å². The summed E-state index contributed by atoms with van der Waals surface area (Å²) in [5, 5.41) is 11.7. The topological polar surface area (TPSA) is 69.6 Å². The molecule has 5 nitrogen and oxygen atoms in total. The summed E-state index contributed by atoms with van der Waals surface area (Å²) in [7, 11) is 0. The molecule has 0 atom stereocenters. The SMILES string of the molecule is CC1=CCCN(C(=O)Nc2ccc(C(=O)O)cc2C)C1. The third kappa shape index (κ3) is 3.17. The van der Waals surface area contributed by atoms with Gasteiger partial charge in [-0.2, -0.15) is 0 Å². The van der Waals surface area contributed by atoms with Crippen LogP contribution in [0.15, 0.2) is 29.8 Å². The van der Waals surface area contributed by atoms with Crippen LogP contribution in [-0.4, -0.2) is 35.1 Å².